The maximum absolute atomic E-state index is 12.9. The number of rotatable bonds is 8. The number of halogens is 1. The lowest BCUT2D eigenvalue weighted by Crippen LogP contribution is -2.71. The van der Waals surface area contributed by atoms with Crippen molar-refractivity contribution in [2.75, 3.05) is 18.6 Å². The third kappa shape index (κ3) is 4.78. The summed E-state index contributed by atoms with van der Waals surface area (Å²) in [7, 11) is 2.92. The van der Waals surface area contributed by atoms with E-state index in [-0.39, 0.29) is 33.5 Å². The minimum atomic E-state index is -1.24. The second kappa shape index (κ2) is 10.1. The van der Waals surface area contributed by atoms with E-state index >= 15 is 0 Å². The van der Waals surface area contributed by atoms with Crippen LogP contribution in [-0.2, 0) is 26.3 Å². The van der Waals surface area contributed by atoms with Crippen molar-refractivity contribution in [2.45, 2.75) is 16.6 Å². The van der Waals surface area contributed by atoms with E-state index in [2.05, 4.69) is 26.0 Å². The number of tetrazole rings is 1. The molecule has 0 aliphatic carbocycles. The van der Waals surface area contributed by atoms with Gasteiger partial charge in [0.15, 0.2) is 5.71 Å². The van der Waals surface area contributed by atoms with Gasteiger partial charge in [-0.25, -0.2) is 9.48 Å². The average molecular weight is 540 g/mol. The molecule has 3 heterocycles. The quantitative estimate of drug-likeness (QED) is 0.184. The van der Waals surface area contributed by atoms with Crippen LogP contribution in [0.15, 0.2) is 39.8 Å². The molecule has 2 aliphatic rings. The summed E-state index contributed by atoms with van der Waals surface area (Å²) in [4.78, 5) is 43.8. The van der Waals surface area contributed by atoms with Crippen LogP contribution >= 0.6 is 35.1 Å². The van der Waals surface area contributed by atoms with E-state index in [1.54, 1.807) is 7.05 Å². The average Bonchev–Trinajstić information content (AvgIpc) is 3.25. The number of carbonyl (C=O) groups excluding carboxylic acids is 2. The normalized spacial score (nSPS) is 19.8. The smallest absolute Gasteiger partial charge is 0.352 e. The van der Waals surface area contributed by atoms with Crippen LogP contribution < -0.4 is 5.32 Å². The van der Waals surface area contributed by atoms with Gasteiger partial charge in [-0.2, -0.15) is 0 Å². The summed E-state index contributed by atoms with van der Waals surface area (Å²) in [5, 5.41) is 36.8. The fraction of sp³-hybridized carbons (Fsp3) is 0.316. The van der Waals surface area contributed by atoms with E-state index in [9.17, 15) is 24.6 Å². The SMILES string of the molecule is CON=C(C(=O)NC1C(=O)N2C(C(=O)O)=C(CSc3nnnn3C)CS[C@H]12)c1ccc(O)c(Cl)c1. The Bertz CT molecular complexity index is 1270. The molecule has 2 aliphatic heterocycles. The molecule has 0 spiro atoms. The molecule has 2 atom stereocenters. The van der Waals surface area contributed by atoms with Crippen LogP contribution in [0.1, 0.15) is 5.56 Å². The number of carboxylic acid groups (broad SMARTS) is 1. The molecule has 1 aromatic heterocycles. The third-order valence-corrected chi connectivity index (χ3v) is 7.85. The predicted molar refractivity (Wildman–Crippen MR) is 126 cm³/mol. The lowest BCUT2D eigenvalue weighted by Gasteiger charge is -2.49. The first-order valence-electron chi connectivity index (χ1n) is 9.89. The summed E-state index contributed by atoms with van der Waals surface area (Å²) in [6.45, 7) is 0. The molecule has 2 aromatic rings. The van der Waals surface area contributed by atoms with Crippen molar-refractivity contribution >= 4 is 58.6 Å². The highest BCUT2D eigenvalue weighted by molar-refractivity contribution is 8.01. The second-order valence-electron chi connectivity index (χ2n) is 7.28. The first-order chi connectivity index (χ1) is 16.7. The van der Waals surface area contributed by atoms with Crippen LogP contribution in [0, 0.1) is 0 Å². The van der Waals surface area contributed by atoms with Gasteiger partial charge >= 0.3 is 5.97 Å². The second-order valence-corrected chi connectivity index (χ2v) is 9.74. The number of phenols is 1. The van der Waals surface area contributed by atoms with Gasteiger partial charge in [-0.1, -0.05) is 28.5 Å². The zero-order chi connectivity index (χ0) is 25.3. The number of hydrogen-bond acceptors (Lipinski definition) is 11. The molecule has 184 valence electrons. The number of phenolic OH excluding ortho intramolecular Hbond substituents is 1. The molecule has 3 N–H and O–H groups in total. The van der Waals surface area contributed by atoms with E-state index in [0.29, 0.717) is 16.5 Å². The molecule has 4 rings (SSSR count). The Morgan fingerprint density at radius 3 is 2.83 bits per heavy atom. The number of thioether (sulfide) groups is 2. The van der Waals surface area contributed by atoms with Crippen molar-refractivity contribution < 1.29 is 29.4 Å². The number of aromatic hydroxyl groups is 1. The molecule has 1 fully saturated rings. The molecule has 0 radical (unpaired) electrons. The summed E-state index contributed by atoms with van der Waals surface area (Å²) >= 11 is 8.52. The van der Waals surface area contributed by atoms with Gasteiger partial charge in [0.05, 0.1) is 5.02 Å². The van der Waals surface area contributed by atoms with E-state index in [1.807, 2.05) is 0 Å². The van der Waals surface area contributed by atoms with E-state index in [4.69, 9.17) is 16.4 Å². The molecule has 2 amide bonds. The van der Waals surface area contributed by atoms with Crippen LogP contribution in [0.25, 0.3) is 0 Å². The highest BCUT2D eigenvalue weighted by Crippen LogP contribution is 2.41. The number of carboxylic acids is 1. The number of nitrogens with zero attached hydrogens (tertiary/aromatic N) is 6. The zero-order valence-corrected chi connectivity index (χ0v) is 20.6. The number of amides is 2. The lowest BCUT2D eigenvalue weighted by atomic mass is 10.0. The van der Waals surface area contributed by atoms with Crippen molar-refractivity contribution in [2.24, 2.45) is 12.2 Å². The highest BCUT2D eigenvalue weighted by Gasteiger charge is 2.54. The molecule has 0 bridgehead atoms. The summed E-state index contributed by atoms with van der Waals surface area (Å²) in [5.74, 6) is -2.06. The lowest BCUT2D eigenvalue weighted by molar-refractivity contribution is -0.150. The van der Waals surface area contributed by atoms with Crippen LogP contribution in [0.4, 0.5) is 0 Å². The van der Waals surface area contributed by atoms with E-state index in [0.717, 1.165) is 0 Å². The number of nitrogens with one attached hydrogen (secondary N) is 1. The number of aryl methyl sites for hydroxylation is 1. The number of β-lactam (4-membered cyclic amide) rings is 1. The van der Waals surface area contributed by atoms with Gasteiger partial charge in [0.25, 0.3) is 11.8 Å². The number of oxime groups is 1. The molecule has 1 saturated heterocycles. The Hall–Kier alpha value is -3.30. The minimum absolute atomic E-state index is 0.00609. The van der Waals surface area contributed by atoms with Crippen molar-refractivity contribution in [1.82, 2.24) is 30.4 Å². The summed E-state index contributed by atoms with van der Waals surface area (Å²) < 4.78 is 1.46. The van der Waals surface area contributed by atoms with E-state index in [1.165, 1.54) is 58.4 Å². The molecular formula is C19H18ClN7O6S2. The number of aromatic nitrogens is 4. The topological polar surface area (TPSA) is 172 Å². The zero-order valence-electron chi connectivity index (χ0n) is 18.2. The van der Waals surface area contributed by atoms with Crippen LogP contribution in [0.3, 0.4) is 0 Å². The van der Waals surface area contributed by atoms with Crippen LogP contribution in [0.2, 0.25) is 5.02 Å². The van der Waals surface area contributed by atoms with Gasteiger partial charge in [-0.05, 0) is 34.2 Å². The van der Waals surface area contributed by atoms with Crippen molar-refractivity contribution in [3.63, 3.8) is 0 Å². The maximum Gasteiger partial charge on any atom is 0.352 e. The first-order valence-corrected chi connectivity index (χ1v) is 12.3. The van der Waals surface area contributed by atoms with Crippen LogP contribution in [-0.4, -0.2) is 88.8 Å². The van der Waals surface area contributed by atoms with Gasteiger partial charge in [0.2, 0.25) is 5.16 Å². The van der Waals surface area contributed by atoms with Gasteiger partial charge in [0.1, 0.15) is 30.0 Å². The summed E-state index contributed by atoms with van der Waals surface area (Å²) in [6.07, 6.45) is 0. The third-order valence-electron chi connectivity index (χ3n) is 5.11. The number of aliphatic carboxylic acids is 1. The van der Waals surface area contributed by atoms with Gasteiger partial charge in [-0.3, -0.25) is 14.5 Å². The highest BCUT2D eigenvalue weighted by atomic mass is 35.5. The maximum atomic E-state index is 12.9. The molecule has 13 nitrogen and oxygen atoms in total. The number of benzene rings is 1. The van der Waals surface area contributed by atoms with E-state index < -0.39 is 29.2 Å². The Morgan fingerprint density at radius 2 is 2.20 bits per heavy atom. The molecule has 35 heavy (non-hydrogen) atoms. The Balaban J connectivity index is 1.51. The molecule has 0 saturated carbocycles. The number of carbonyl (C=O) groups is 3. The monoisotopic (exact) mass is 539 g/mol. The Labute approximate surface area is 211 Å². The fourth-order valence-electron chi connectivity index (χ4n) is 3.47. The minimum Gasteiger partial charge on any atom is -0.506 e. The summed E-state index contributed by atoms with van der Waals surface area (Å²) in [6, 6.07) is 3.09. The standard InChI is InChI=1S/C19H18ClN7O6S2/c1-26-19(22-24-25-26)35-7-9-6-34-17-13(16(30)27(17)14(9)18(31)32)21-15(29)12(23-33-2)8-3-4-11(28)10(20)5-8/h3-5,13,17,28H,6-7H2,1-2H3,(H,21,29)(H,31,32)/t13?,17-/m1/s1. The number of hydrogen-bond donors (Lipinski definition) is 3. The van der Waals surface area contributed by atoms with Crippen molar-refractivity contribution in [3.05, 3.63) is 40.1 Å². The molecular weight excluding hydrogens is 522 g/mol. The number of fused-ring (bicyclic) bond motifs is 1. The Morgan fingerprint density at radius 1 is 1.43 bits per heavy atom. The largest absolute Gasteiger partial charge is 0.506 e. The van der Waals surface area contributed by atoms with Crippen molar-refractivity contribution in [3.8, 4) is 5.75 Å². The molecule has 1 aromatic carbocycles. The van der Waals surface area contributed by atoms with Gasteiger partial charge < -0.3 is 20.4 Å². The predicted octanol–water partition coefficient (Wildman–Crippen LogP) is 0.451. The van der Waals surface area contributed by atoms with Crippen molar-refractivity contribution in [1.29, 1.82) is 0 Å². The summed E-state index contributed by atoms with van der Waals surface area (Å²) in [5.41, 5.74) is 0.536. The van der Waals surface area contributed by atoms with Crippen LogP contribution in [0.5, 0.6) is 5.75 Å². The Kier molecular flexibility index (Phi) is 7.18. The fourth-order valence-corrected chi connectivity index (χ4v) is 5.99. The molecule has 16 heteroatoms. The molecule has 1 unspecified atom stereocenters. The van der Waals surface area contributed by atoms with Gasteiger partial charge in [-0.15, -0.1) is 16.9 Å². The first kappa shape index (κ1) is 24.8. The van der Waals surface area contributed by atoms with Gasteiger partial charge in [0, 0.05) is 24.1 Å².